The molecule has 30 heavy (non-hydrogen) atoms. The number of rotatable bonds is 9. The Balaban J connectivity index is 1.80. The summed E-state index contributed by atoms with van der Waals surface area (Å²) in [5, 5.41) is 0. The minimum absolute atomic E-state index is 0.188. The number of ether oxygens (including phenoxy) is 4. The largest absolute Gasteiger partial charge is 0.493 e. The van der Waals surface area contributed by atoms with E-state index in [0.717, 1.165) is 11.1 Å². The van der Waals surface area contributed by atoms with E-state index in [9.17, 15) is 4.79 Å². The number of carbonyl (C=O) groups excluding carboxylic acids is 1. The number of hydrogen-bond acceptors (Lipinski definition) is 5. The highest BCUT2D eigenvalue weighted by molar-refractivity contribution is 6.07. The van der Waals surface area contributed by atoms with Gasteiger partial charge in [0.2, 0.25) is 5.75 Å². The molecule has 0 saturated heterocycles. The van der Waals surface area contributed by atoms with E-state index in [-0.39, 0.29) is 5.78 Å². The fourth-order valence-electron chi connectivity index (χ4n) is 2.97. The SMILES string of the molecule is COc1cc(C(=O)C=Cc2ccccc2OCc2ccccc2)cc(OC)c1OC. The molecule has 0 atom stereocenters. The molecule has 0 fully saturated rings. The fraction of sp³-hybridized carbons (Fsp3) is 0.160. The van der Waals surface area contributed by atoms with Gasteiger partial charge in [0.15, 0.2) is 17.3 Å². The van der Waals surface area contributed by atoms with Crippen LogP contribution < -0.4 is 18.9 Å². The van der Waals surface area contributed by atoms with Crippen molar-refractivity contribution in [3.05, 3.63) is 89.5 Å². The minimum Gasteiger partial charge on any atom is -0.493 e. The maximum Gasteiger partial charge on any atom is 0.203 e. The molecule has 0 aliphatic rings. The van der Waals surface area contributed by atoms with Crippen molar-refractivity contribution in [2.45, 2.75) is 6.61 Å². The number of ketones is 1. The van der Waals surface area contributed by atoms with Crippen LogP contribution in [0.25, 0.3) is 6.08 Å². The van der Waals surface area contributed by atoms with Crippen LogP contribution in [-0.2, 0) is 6.61 Å². The molecule has 154 valence electrons. The summed E-state index contributed by atoms with van der Waals surface area (Å²) in [5.41, 5.74) is 2.32. The van der Waals surface area contributed by atoms with Gasteiger partial charge in [-0.15, -0.1) is 0 Å². The Hall–Kier alpha value is -3.73. The molecule has 0 saturated carbocycles. The second-order valence-electron chi connectivity index (χ2n) is 6.42. The summed E-state index contributed by atoms with van der Waals surface area (Å²) in [4.78, 5) is 12.8. The summed E-state index contributed by atoms with van der Waals surface area (Å²) >= 11 is 0. The Morgan fingerprint density at radius 1 is 0.800 bits per heavy atom. The van der Waals surface area contributed by atoms with Gasteiger partial charge < -0.3 is 18.9 Å². The fourth-order valence-corrected chi connectivity index (χ4v) is 2.97. The summed E-state index contributed by atoms with van der Waals surface area (Å²) < 4.78 is 21.9. The van der Waals surface area contributed by atoms with Gasteiger partial charge in [-0.05, 0) is 35.9 Å². The van der Waals surface area contributed by atoms with E-state index in [1.165, 1.54) is 27.4 Å². The lowest BCUT2D eigenvalue weighted by Gasteiger charge is -2.13. The van der Waals surface area contributed by atoms with Crippen LogP contribution in [0.2, 0.25) is 0 Å². The van der Waals surface area contributed by atoms with Crippen molar-refractivity contribution in [1.82, 2.24) is 0 Å². The first kappa shape index (κ1) is 21.0. The molecule has 5 nitrogen and oxygen atoms in total. The number of carbonyl (C=O) groups is 1. The molecule has 0 bridgehead atoms. The lowest BCUT2D eigenvalue weighted by atomic mass is 10.1. The molecule has 0 aliphatic carbocycles. The topological polar surface area (TPSA) is 54.0 Å². The van der Waals surface area contributed by atoms with E-state index in [2.05, 4.69) is 0 Å². The molecular weight excluding hydrogens is 380 g/mol. The maximum absolute atomic E-state index is 12.8. The molecule has 5 heteroatoms. The van der Waals surface area contributed by atoms with Gasteiger partial charge in [-0.25, -0.2) is 0 Å². The first-order valence-electron chi connectivity index (χ1n) is 9.44. The van der Waals surface area contributed by atoms with Gasteiger partial charge in [0.05, 0.1) is 21.3 Å². The van der Waals surface area contributed by atoms with Crippen molar-refractivity contribution in [3.63, 3.8) is 0 Å². The molecule has 0 radical (unpaired) electrons. The molecule has 0 spiro atoms. The third-order valence-corrected chi connectivity index (χ3v) is 4.52. The zero-order valence-electron chi connectivity index (χ0n) is 17.3. The van der Waals surface area contributed by atoms with Gasteiger partial charge in [-0.2, -0.15) is 0 Å². The molecule has 3 aromatic carbocycles. The molecular formula is C25H24O5. The van der Waals surface area contributed by atoms with Crippen LogP contribution in [0.1, 0.15) is 21.5 Å². The zero-order chi connectivity index (χ0) is 21.3. The predicted molar refractivity (Wildman–Crippen MR) is 117 cm³/mol. The Morgan fingerprint density at radius 2 is 1.43 bits per heavy atom. The summed E-state index contributed by atoms with van der Waals surface area (Å²) in [6, 6.07) is 20.8. The van der Waals surface area contributed by atoms with E-state index in [4.69, 9.17) is 18.9 Å². The standard InChI is InChI=1S/C25H24O5/c1-27-23-15-20(16-24(28-2)25(23)29-3)21(26)14-13-19-11-7-8-12-22(19)30-17-18-9-5-4-6-10-18/h4-16H,17H2,1-3H3. The van der Waals surface area contributed by atoms with Crippen LogP contribution in [0.4, 0.5) is 0 Å². The highest BCUT2D eigenvalue weighted by Gasteiger charge is 2.15. The van der Waals surface area contributed by atoms with Gasteiger partial charge in [0.1, 0.15) is 12.4 Å². The monoisotopic (exact) mass is 404 g/mol. The van der Waals surface area contributed by atoms with Crippen molar-refractivity contribution in [1.29, 1.82) is 0 Å². The number of para-hydroxylation sites is 1. The summed E-state index contributed by atoms with van der Waals surface area (Å²) in [6.07, 6.45) is 3.25. The highest BCUT2D eigenvalue weighted by atomic mass is 16.5. The number of allylic oxidation sites excluding steroid dienone is 1. The lowest BCUT2D eigenvalue weighted by molar-refractivity contribution is 0.104. The Labute approximate surface area is 176 Å². The average Bonchev–Trinajstić information content (AvgIpc) is 2.81. The third kappa shape index (κ3) is 5.00. The van der Waals surface area contributed by atoms with E-state index in [0.29, 0.717) is 35.2 Å². The van der Waals surface area contributed by atoms with Crippen molar-refractivity contribution in [2.75, 3.05) is 21.3 Å². The Morgan fingerprint density at radius 3 is 2.07 bits per heavy atom. The van der Waals surface area contributed by atoms with Gasteiger partial charge in [0, 0.05) is 11.1 Å². The van der Waals surface area contributed by atoms with E-state index >= 15 is 0 Å². The molecule has 3 aromatic rings. The van der Waals surface area contributed by atoms with Crippen LogP contribution in [0.15, 0.2) is 72.8 Å². The van der Waals surface area contributed by atoms with Gasteiger partial charge in [-0.1, -0.05) is 48.5 Å². The van der Waals surface area contributed by atoms with E-state index < -0.39 is 0 Å². The molecule has 3 rings (SSSR count). The average molecular weight is 404 g/mol. The molecule has 0 N–H and O–H groups in total. The molecule has 0 aliphatic heterocycles. The van der Waals surface area contributed by atoms with Crippen LogP contribution in [0.3, 0.4) is 0 Å². The van der Waals surface area contributed by atoms with Crippen LogP contribution in [-0.4, -0.2) is 27.1 Å². The van der Waals surface area contributed by atoms with Crippen molar-refractivity contribution >= 4 is 11.9 Å². The number of benzene rings is 3. The van der Waals surface area contributed by atoms with Crippen molar-refractivity contribution < 1.29 is 23.7 Å². The lowest BCUT2D eigenvalue weighted by Crippen LogP contribution is -2.00. The van der Waals surface area contributed by atoms with Gasteiger partial charge in [-0.3, -0.25) is 4.79 Å². The Bertz CT molecular complexity index is 1000. The van der Waals surface area contributed by atoms with Crippen LogP contribution >= 0.6 is 0 Å². The first-order valence-corrected chi connectivity index (χ1v) is 9.44. The number of hydrogen-bond donors (Lipinski definition) is 0. The predicted octanol–water partition coefficient (Wildman–Crippen LogP) is 5.19. The summed E-state index contributed by atoms with van der Waals surface area (Å²) in [6.45, 7) is 0.451. The Kier molecular flexibility index (Phi) is 7.11. The van der Waals surface area contributed by atoms with E-state index in [1.54, 1.807) is 18.2 Å². The second-order valence-corrected chi connectivity index (χ2v) is 6.42. The normalized spacial score (nSPS) is 10.6. The molecule has 0 heterocycles. The molecule has 0 unspecified atom stereocenters. The van der Waals surface area contributed by atoms with Crippen molar-refractivity contribution in [2.24, 2.45) is 0 Å². The summed E-state index contributed by atoms with van der Waals surface area (Å²) in [5.74, 6) is 1.82. The second kappa shape index (κ2) is 10.2. The van der Waals surface area contributed by atoms with E-state index in [1.807, 2.05) is 54.6 Å². The van der Waals surface area contributed by atoms with Crippen LogP contribution in [0, 0.1) is 0 Å². The quantitative estimate of drug-likeness (QED) is 0.363. The maximum atomic E-state index is 12.8. The third-order valence-electron chi connectivity index (χ3n) is 4.52. The van der Waals surface area contributed by atoms with Gasteiger partial charge in [0.25, 0.3) is 0 Å². The van der Waals surface area contributed by atoms with Crippen molar-refractivity contribution in [3.8, 4) is 23.0 Å². The zero-order valence-corrected chi connectivity index (χ0v) is 17.3. The molecule has 0 amide bonds. The number of methoxy groups -OCH3 is 3. The first-order chi connectivity index (χ1) is 14.7. The minimum atomic E-state index is -0.188. The van der Waals surface area contributed by atoms with Crippen LogP contribution in [0.5, 0.6) is 23.0 Å². The molecule has 0 aromatic heterocycles. The smallest absolute Gasteiger partial charge is 0.203 e. The summed E-state index contributed by atoms with van der Waals surface area (Å²) in [7, 11) is 4.55. The highest BCUT2D eigenvalue weighted by Crippen LogP contribution is 2.38. The van der Waals surface area contributed by atoms with Gasteiger partial charge >= 0.3 is 0 Å².